The highest BCUT2D eigenvalue weighted by Gasteiger charge is 2.17. The van der Waals surface area contributed by atoms with Gasteiger partial charge in [-0.3, -0.25) is 0 Å². The SMILES string of the molecule is CN1CCCC(CNc2cc(F)c(I)cc2N)C1. The topological polar surface area (TPSA) is 41.3 Å². The van der Waals surface area contributed by atoms with Gasteiger partial charge in [0.25, 0.3) is 0 Å². The molecule has 1 aliphatic rings. The number of anilines is 2. The Morgan fingerprint density at radius 1 is 1.56 bits per heavy atom. The van der Waals surface area contributed by atoms with E-state index < -0.39 is 0 Å². The molecule has 1 unspecified atom stereocenters. The minimum absolute atomic E-state index is 0.215. The van der Waals surface area contributed by atoms with E-state index in [1.165, 1.54) is 25.5 Å². The zero-order valence-corrected chi connectivity index (χ0v) is 12.7. The summed E-state index contributed by atoms with van der Waals surface area (Å²) in [6.45, 7) is 3.13. The summed E-state index contributed by atoms with van der Waals surface area (Å²) < 4.78 is 14.0. The first-order valence-corrected chi connectivity index (χ1v) is 7.31. The summed E-state index contributed by atoms with van der Waals surface area (Å²) in [5, 5.41) is 3.28. The Labute approximate surface area is 121 Å². The fraction of sp³-hybridized carbons (Fsp3) is 0.538. The standard InChI is InChI=1S/C13H19FIN3/c1-18-4-2-3-9(8-18)7-17-13-5-10(14)11(15)6-12(13)16/h5-6,9,17H,2-4,7-8,16H2,1H3. The number of nitrogens with two attached hydrogens (primary N) is 1. The highest BCUT2D eigenvalue weighted by atomic mass is 127. The van der Waals surface area contributed by atoms with E-state index in [0.29, 0.717) is 20.9 Å². The van der Waals surface area contributed by atoms with Crippen molar-refractivity contribution in [2.45, 2.75) is 12.8 Å². The smallest absolute Gasteiger partial charge is 0.138 e. The first kappa shape index (κ1) is 13.9. The third kappa shape index (κ3) is 3.47. The van der Waals surface area contributed by atoms with Crippen LogP contribution in [0.2, 0.25) is 0 Å². The quantitative estimate of drug-likeness (QED) is 0.641. The number of nitrogen functional groups attached to an aromatic ring is 1. The zero-order valence-electron chi connectivity index (χ0n) is 10.5. The molecule has 1 aromatic rings. The fourth-order valence-corrected chi connectivity index (χ4v) is 2.90. The van der Waals surface area contributed by atoms with Crippen molar-refractivity contribution in [2.75, 3.05) is 37.7 Å². The molecule has 0 radical (unpaired) electrons. The molecule has 0 saturated carbocycles. The Balaban J connectivity index is 1.95. The van der Waals surface area contributed by atoms with Gasteiger partial charge in [-0.2, -0.15) is 0 Å². The molecule has 0 aliphatic carbocycles. The minimum Gasteiger partial charge on any atom is -0.397 e. The number of nitrogens with one attached hydrogen (secondary N) is 1. The van der Waals surface area contributed by atoms with E-state index in [4.69, 9.17) is 5.73 Å². The molecular weight excluding hydrogens is 344 g/mol. The first-order chi connectivity index (χ1) is 8.56. The van der Waals surface area contributed by atoms with E-state index >= 15 is 0 Å². The van der Waals surface area contributed by atoms with E-state index in [-0.39, 0.29) is 5.82 Å². The highest BCUT2D eigenvalue weighted by Crippen LogP contribution is 2.25. The van der Waals surface area contributed by atoms with Crippen LogP contribution in [0.4, 0.5) is 15.8 Å². The fourth-order valence-electron chi connectivity index (χ4n) is 2.41. The summed E-state index contributed by atoms with van der Waals surface area (Å²) in [5.41, 5.74) is 7.21. The van der Waals surface area contributed by atoms with E-state index in [1.54, 1.807) is 6.07 Å². The van der Waals surface area contributed by atoms with Gasteiger partial charge >= 0.3 is 0 Å². The normalized spacial score (nSPS) is 20.9. The zero-order chi connectivity index (χ0) is 13.1. The highest BCUT2D eigenvalue weighted by molar-refractivity contribution is 14.1. The molecule has 1 atom stereocenters. The van der Waals surface area contributed by atoms with Gasteiger partial charge in [0.2, 0.25) is 0 Å². The number of likely N-dealkylation sites (tertiary alicyclic amines) is 1. The Kier molecular flexibility index (Phi) is 4.66. The molecule has 0 aromatic heterocycles. The van der Waals surface area contributed by atoms with Gasteiger partial charge in [0.1, 0.15) is 5.82 Å². The van der Waals surface area contributed by atoms with E-state index in [1.807, 2.05) is 22.6 Å². The lowest BCUT2D eigenvalue weighted by atomic mass is 9.98. The lowest BCUT2D eigenvalue weighted by molar-refractivity contribution is 0.217. The first-order valence-electron chi connectivity index (χ1n) is 6.23. The van der Waals surface area contributed by atoms with Crippen molar-refractivity contribution in [1.82, 2.24) is 4.90 Å². The number of nitrogens with zero attached hydrogens (tertiary/aromatic N) is 1. The second kappa shape index (κ2) is 6.06. The Bertz CT molecular complexity index is 425. The number of halogens is 2. The van der Waals surface area contributed by atoms with Gasteiger partial charge < -0.3 is 16.0 Å². The van der Waals surface area contributed by atoms with Crippen LogP contribution >= 0.6 is 22.6 Å². The Hall–Kier alpha value is -0.560. The summed E-state index contributed by atoms with van der Waals surface area (Å²) in [4.78, 5) is 2.34. The van der Waals surface area contributed by atoms with Gasteiger partial charge in [-0.15, -0.1) is 0 Å². The third-order valence-corrected chi connectivity index (χ3v) is 4.22. The van der Waals surface area contributed by atoms with Crippen molar-refractivity contribution in [3.8, 4) is 0 Å². The molecule has 100 valence electrons. The molecule has 1 fully saturated rings. The molecule has 2 rings (SSSR count). The maximum absolute atomic E-state index is 13.5. The summed E-state index contributed by atoms with van der Waals surface area (Å²) in [6, 6.07) is 3.16. The molecule has 0 spiro atoms. The van der Waals surface area contributed by atoms with Crippen molar-refractivity contribution < 1.29 is 4.39 Å². The third-order valence-electron chi connectivity index (χ3n) is 3.40. The van der Waals surface area contributed by atoms with Crippen molar-refractivity contribution in [3.63, 3.8) is 0 Å². The van der Waals surface area contributed by atoms with E-state index in [0.717, 1.165) is 13.1 Å². The van der Waals surface area contributed by atoms with Crippen LogP contribution in [0, 0.1) is 15.3 Å². The molecule has 0 bridgehead atoms. The van der Waals surface area contributed by atoms with Gasteiger partial charge in [-0.1, -0.05) is 0 Å². The molecule has 0 amide bonds. The average molecular weight is 363 g/mol. The lowest BCUT2D eigenvalue weighted by Gasteiger charge is -2.30. The van der Waals surface area contributed by atoms with Crippen LogP contribution < -0.4 is 11.1 Å². The largest absolute Gasteiger partial charge is 0.397 e. The van der Waals surface area contributed by atoms with Crippen LogP contribution in [0.1, 0.15) is 12.8 Å². The van der Waals surface area contributed by atoms with E-state index in [2.05, 4.69) is 17.3 Å². The molecule has 3 nitrogen and oxygen atoms in total. The van der Waals surface area contributed by atoms with Gasteiger partial charge in [-0.05, 0) is 61.0 Å². The second-order valence-corrected chi connectivity index (χ2v) is 6.17. The van der Waals surface area contributed by atoms with Crippen LogP contribution in [0.15, 0.2) is 12.1 Å². The molecular formula is C13H19FIN3. The molecule has 18 heavy (non-hydrogen) atoms. The summed E-state index contributed by atoms with van der Waals surface area (Å²) >= 11 is 1.95. The van der Waals surface area contributed by atoms with Gasteiger partial charge in [0.05, 0.1) is 14.9 Å². The predicted octanol–water partition coefficient (Wildman–Crippen LogP) is 2.77. The van der Waals surface area contributed by atoms with Crippen LogP contribution in [0.5, 0.6) is 0 Å². The number of benzene rings is 1. The molecule has 1 aromatic carbocycles. The molecule has 1 saturated heterocycles. The van der Waals surface area contributed by atoms with Crippen LogP contribution in [-0.4, -0.2) is 31.6 Å². The molecule has 1 heterocycles. The molecule has 5 heteroatoms. The van der Waals surface area contributed by atoms with Crippen molar-refractivity contribution >= 4 is 34.0 Å². The number of hydrogen-bond acceptors (Lipinski definition) is 3. The van der Waals surface area contributed by atoms with Gasteiger partial charge in [0, 0.05) is 19.2 Å². The second-order valence-electron chi connectivity index (χ2n) is 5.00. The lowest BCUT2D eigenvalue weighted by Crippen LogP contribution is -2.35. The minimum atomic E-state index is -0.215. The number of hydrogen-bond donors (Lipinski definition) is 2. The molecule has 1 aliphatic heterocycles. The maximum atomic E-state index is 13.5. The van der Waals surface area contributed by atoms with Crippen molar-refractivity contribution in [3.05, 3.63) is 21.5 Å². The monoisotopic (exact) mass is 363 g/mol. The Morgan fingerprint density at radius 2 is 2.33 bits per heavy atom. The number of piperidine rings is 1. The van der Waals surface area contributed by atoms with Crippen LogP contribution in [-0.2, 0) is 0 Å². The van der Waals surface area contributed by atoms with Crippen molar-refractivity contribution in [1.29, 1.82) is 0 Å². The van der Waals surface area contributed by atoms with Gasteiger partial charge in [-0.25, -0.2) is 4.39 Å². The summed E-state index contributed by atoms with van der Waals surface area (Å²) in [7, 11) is 2.14. The van der Waals surface area contributed by atoms with Crippen LogP contribution in [0.3, 0.4) is 0 Å². The molecule has 3 N–H and O–H groups in total. The summed E-state index contributed by atoms with van der Waals surface area (Å²) in [5.74, 6) is 0.401. The van der Waals surface area contributed by atoms with Gasteiger partial charge in [0.15, 0.2) is 0 Å². The van der Waals surface area contributed by atoms with Crippen LogP contribution in [0.25, 0.3) is 0 Å². The predicted molar refractivity (Wildman–Crippen MR) is 82.2 cm³/mol. The Morgan fingerprint density at radius 3 is 3.06 bits per heavy atom. The summed E-state index contributed by atoms with van der Waals surface area (Å²) in [6.07, 6.45) is 2.46. The van der Waals surface area contributed by atoms with Crippen molar-refractivity contribution in [2.24, 2.45) is 5.92 Å². The number of rotatable bonds is 3. The average Bonchev–Trinajstić information content (AvgIpc) is 2.32. The van der Waals surface area contributed by atoms with E-state index in [9.17, 15) is 4.39 Å². The maximum Gasteiger partial charge on any atom is 0.138 e.